The molecule has 1 saturated carbocycles. The summed E-state index contributed by atoms with van der Waals surface area (Å²) < 4.78 is 0. The first-order chi connectivity index (χ1) is 12.4. The van der Waals surface area contributed by atoms with Gasteiger partial charge in [-0.3, -0.25) is 9.88 Å². The minimum Gasteiger partial charge on any atom is -0.380 e. The lowest BCUT2D eigenvalue weighted by molar-refractivity contribution is 0.118. The van der Waals surface area contributed by atoms with Gasteiger partial charge < -0.3 is 5.32 Å². The maximum atomic E-state index is 4.13. The number of pyridine rings is 1. The highest BCUT2D eigenvalue weighted by atomic mass is 15.2. The van der Waals surface area contributed by atoms with Crippen molar-refractivity contribution in [2.75, 3.05) is 18.4 Å². The summed E-state index contributed by atoms with van der Waals surface area (Å²) in [7, 11) is 0. The molecule has 1 aliphatic heterocycles. The average Bonchev–Trinajstić information content (AvgIpc) is 2.62. The van der Waals surface area contributed by atoms with Gasteiger partial charge in [0.05, 0.1) is 5.69 Å². The van der Waals surface area contributed by atoms with Crippen LogP contribution >= 0.6 is 0 Å². The van der Waals surface area contributed by atoms with Gasteiger partial charge in [-0.2, -0.15) is 0 Å². The van der Waals surface area contributed by atoms with Crippen molar-refractivity contribution in [2.45, 2.75) is 44.7 Å². The Morgan fingerprint density at radius 1 is 1.08 bits per heavy atom. The number of aromatic nitrogens is 1. The molecule has 2 aromatic rings. The van der Waals surface area contributed by atoms with E-state index in [1.165, 1.54) is 56.3 Å². The molecule has 2 heterocycles. The van der Waals surface area contributed by atoms with Crippen molar-refractivity contribution in [1.82, 2.24) is 9.88 Å². The summed E-state index contributed by atoms with van der Waals surface area (Å²) in [6.45, 7) is 3.34. The molecule has 1 aromatic heterocycles. The van der Waals surface area contributed by atoms with Crippen molar-refractivity contribution >= 4 is 11.8 Å². The SMILES string of the molecule is C(=C1CCN(C2CCC2)CC1)c1ccc(CNc2cccnc2)cc1. The van der Waals surface area contributed by atoms with Gasteiger partial charge in [-0.05, 0) is 48.9 Å². The molecule has 25 heavy (non-hydrogen) atoms. The lowest BCUT2D eigenvalue weighted by Gasteiger charge is -2.40. The molecule has 1 saturated heterocycles. The topological polar surface area (TPSA) is 28.2 Å². The molecule has 2 aliphatic rings. The highest BCUT2D eigenvalue weighted by molar-refractivity contribution is 5.54. The maximum absolute atomic E-state index is 4.13. The van der Waals surface area contributed by atoms with E-state index in [0.717, 1.165) is 18.3 Å². The lowest BCUT2D eigenvalue weighted by atomic mass is 9.89. The van der Waals surface area contributed by atoms with Crippen molar-refractivity contribution in [1.29, 1.82) is 0 Å². The first kappa shape index (κ1) is 16.3. The number of hydrogen-bond donors (Lipinski definition) is 1. The van der Waals surface area contributed by atoms with Crippen LogP contribution in [0, 0.1) is 0 Å². The Hall–Kier alpha value is -2.13. The minimum atomic E-state index is 0.832. The summed E-state index contributed by atoms with van der Waals surface area (Å²) in [5.41, 5.74) is 5.30. The Morgan fingerprint density at radius 3 is 2.52 bits per heavy atom. The second kappa shape index (κ2) is 7.83. The molecule has 130 valence electrons. The zero-order chi connectivity index (χ0) is 16.9. The zero-order valence-electron chi connectivity index (χ0n) is 14.8. The first-order valence-corrected chi connectivity index (χ1v) is 9.53. The highest BCUT2D eigenvalue weighted by Crippen LogP contribution is 2.29. The van der Waals surface area contributed by atoms with Gasteiger partial charge >= 0.3 is 0 Å². The van der Waals surface area contributed by atoms with Gasteiger partial charge in [0.2, 0.25) is 0 Å². The first-order valence-electron chi connectivity index (χ1n) is 9.53. The lowest BCUT2D eigenvalue weighted by Crippen LogP contribution is -2.43. The molecule has 0 amide bonds. The largest absolute Gasteiger partial charge is 0.380 e. The van der Waals surface area contributed by atoms with E-state index >= 15 is 0 Å². The van der Waals surface area contributed by atoms with Gasteiger partial charge in [0.15, 0.2) is 0 Å². The zero-order valence-corrected chi connectivity index (χ0v) is 14.8. The molecule has 4 rings (SSSR count). The number of piperidine rings is 1. The molecule has 0 radical (unpaired) electrons. The van der Waals surface area contributed by atoms with Crippen LogP contribution in [-0.4, -0.2) is 29.0 Å². The number of likely N-dealkylation sites (tertiary alicyclic amines) is 1. The van der Waals surface area contributed by atoms with Gasteiger partial charge in [0.25, 0.3) is 0 Å². The van der Waals surface area contributed by atoms with Crippen LogP contribution in [0.2, 0.25) is 0 Å². The molecule has 0 bridgehead atoms. The quantitative estimate of drug-likeness (QED) is 0.858. The molecule has 0 unspecified atom stereocenters. The summed E-state index contributed by atoms with van der Waals surface area (Å²) in [6.07, 6.45) is 12.8. The third-order valence-electron chi connectivity index (χ3n) is 5.54. The minimum absolute atomic E-state index is 0.832. The van der Waals surface area contributed by atoms with E-state index < -0.39 is 0 Å². The van der Waals surface area contributed by atoms with E-state index in [1.54, 1.807) is 11.8 Å². The van der Waals surface area contributed by atoms with E-state index in [4.69, 9.17) is 0 Å². The standard InChI is InChI=1S/C22H27N3/c1-4-22(5-1)25-13-10-19(11-14-25)15-18-6-8-20(9-7-18)16-24-21-3-2-12-23-17-21/h2-3,6-9,12,15,17,22,24H,1,4-5,10-11,13-14,16H2. The van der Waals surface area contributed by atoms with Crippen LogP contribution in [0.3, 0.4) is 0 Å². The van der Waals surface area contributed by atoms with Crippen LogP contribution in [0.1, 0.15) is 43.2 Å². The number of anilines is 1. The number of nitrogens with zero attached hydrogens (tertiary/aromatic N) is 2. The van der Waals surface area contributed by atoms with Crippen LogP contribution < -0.4 is 5.32 Å². The predicted molar refractivity (Wildman–Crippen MR) is 104 cm³/mol. The molecule has 3 heteroatoms. The monoisotopic (exact) mass is 333 g/mol. The fourth-order valence-corrected chi connectivity index (χ4v) is 3.71. The van der Waals surface area contributed by atoms with Crippen LogP contribution in [0.25, 0.3) is 6.08 Å². The third kappa shape index (κ3) is 4.29. The number of rotatable bonds is 5. The Balaban J connectivity index is 1.30. The normalized spacial score (nSPS) is 18.6. The molecule has 3 nitrogen and oxygen atoms in total. The van der Waals surface area contributed by atoms with Crippen LogP contribution in [0.5, 0.6) is 0 Å². The van der Waals surface area contributed by atoms with Crippen molar-refractivity contribution in [3.8, 4) is 0 Å². The molecule has 1 aliphatic carbocycles. The summed E-state index contributed by atoms with van der Waals surface area (Å²) in [6, 6.07) is 13.8. The van der Waals surface area contributed by atoms with E-state index in [9.17, 15) is 0 Å². The summed E-state index contributed by atoms with van der Waals surface area (Å²) >= 11 is 0. The van der Waals surface area contributed by atoms with Gasteiger partial charge in [0, 0.05) is 38.1 Å². The number of nitrogens with one attached hydrogen (secondary N) is 1. The van der Waals surface area contributed by atoms with Crippen molar-refractivity contribution in [2.24, 2.45) is 0 Å². The van der Waals surface area contributed by atoms with Crippen LogP contribution in [0.4, 0.5) is 5.69 Å². The van der Waals surface area contributed by atoms with Gasteiger partial charge in [0.1, 0.15) is 0 Å². The second-order valence-corrected chi connectivity index (χ2v) is 7.26. The van der Waals surface area contributed by atoms with Crippen LogP contribution in [-0.2, 0) is 6.54 Å². The van der Waals surface area contributed by atoms with Crippen molar-refractivity contribution < 1.29 is 0 Å². The molecule has 1 N–H and O–H groups in total. The maximum Gasteiger partial charge on any atom is 0.0529 e. The molecule has 0 spiro atoms. The van der Waals surface area contributed by atoms with E-state index in [0.29, 0.717) is 0 Å². The summed E-state index contributed by atoms with van der Waals surface area (Å²) in [5, 5.41) is 3.40. The Kier molecular flexibility index (Phi) is 5.12. The highest BCUT2D eigenvalue weighted by Gasteiger charge is 2.26. The smallest absolute Gasteiger partial charge is 0.0529 e. The number of hydrogen-bond acceptors (Lipinski definition) is 3. The van der Waals surface area contributed by atoms with Gasteiger partial charge in [-0.25, -0.2) is 0 Å². The van der Waals surface area contributed by atoms with Crippen molar-refractivity contribution in [3.05, 3.63) is 65.5 Å². The second-order valence-electron chi connectivity index (χ2n) is 7.26. The Bertz CT molecular complexity index is 692. The van der Waals surface area contributed by atoms with E-state index in [-0.39, 0.29) is 0 Å². The molecular formula is C22H27N3. The summed E-state index contributed by atoms with van der Waals surface area (Å²) in [5.74, 6) is 0. The molecular weight excluding hydrogens is 306 g/mol. The van der Waals surface area contributed by atoms with E-state index in [1.807, 2.05) is 18.3 Å². The van der Waals surface area contributed by atoms with Crippen LogP contribution in [0.15, 0.2) is 54.4 Å². The Morgan fingerprint density at radius 2 is 1.88 bits per heavy atom. The Labute approximate surface area is 150 Å². The number of benzene rings is 1. The van der Waals surface area contributed by atoms with Gasteiger partial charge in [-0.1, -0.05) is 42.3 Å². The fourth-order valence-electron chi connectivity index (χ4n) is 3.71. The fraction of sp³-hybridized carbons (Fsp3) is 0.409. The molecule has 2 fully saturated rings. The van der Waals surface area contributed by atoms with Crippen molar-refractivity contribution in [3.63, 3.8) is 0 Å². The molecule has 1 aromatic carbocycles. The summed E-state index contributed by atoms with van der Waals surface area (Å²) in [4.78, 5) is 6.83. The van der Waals surface area contributed by atoms with Gasteiger partial charge in [-0.15, -0.1) is 0 Å². The molecule has 0 atom stereocenters. The predicted octanol–water partition coefficient (Wildman–Crippen LogP) is 4.73. The average molecular weight is 333 g/mol. The third-order valence-corrected chi connectivity index (χ3v) is 5.54. The van der Waals surface area contributed by atoms with E-state index in [2.05, 4.69) is 45.5 Å².